The third-order valence-electron chi connectivity index (χ3n) is 5.74. The summed E-state index contributed by atoms with van der Waals surface area (Å²) in [5.74, 6) is 1.27. The predicted octanol–water partition coefficient (Wildman–Crippen LogP) is 3.68. The van der Waals surface area contributed by atoms with Gasteiger partial charge in [0, 0.05) is 40.7 Å². The fourth-order valence-electron chi connectivity index (χ4n) is 3.99. The number of hydrogen-bond donors (Lipinski definition) is 2. The highest BCUT2D eigenvalue weighted by Gasteiger charge is 2.17. The van der Waals surface area contributed by atoms with Crippen LogP contribution in [0, 0.1) is 0 Å². The van der Waals surface area contributed by atoms with Crippen molar-refractivity contribution < 1.29 is 4.74 Å². The molecule has 1 aliphatic heterocycles. The number of aromatic nitrogens is 4. The molecule has 30 heavy (non-hydrogen) atoms. The van der Waals surface area contributed by atoms with Crippen molar-refractivity contribution in [2.24, 2.45) is 0 Å². The molecule has 3 aromatic heterocycles. The second-order valence-electron chi connectivity index (χ2n) is 7.63. The summed E-state index contributed by atoms with van der Waals surface area (Å²) in [6.45, 7) is 2.07. The number of rotatable bonds is 4. The second kappa shape index (κ2) is 7.76. The monoisotopic (exact) mass is 400 g/mol. The van der Waals surface area contributed by atoms with E-state index in [2.05, 4.69) is 31.3 Å². The Bertz CT molecular complexity index is 1200. The Morgan fingerprint density at radius 1 is 1.00 bits per heavy atom. The zero-order valence-corrected chi connectivity index (χ0v) is 16.9. The summed E-state index contributed by atoms with van der Waals surface area (Å²) in [5.41, 5.74) is 9.85. The number of benzene rings is 1. The number of nitrogens with zero attached hydrogens (tertiary/aromatic N) is 4. The Morgan fingerprint density at radius 3 is 2.70 bits per heavy atom. The summed E-state index contributed by atoms with van der Waals surface area (Å²) in [6.07, 6.45) is 9.84. The van der Waals surface area contributed by atoms with Crippen molar-refractivity contribution in [2.75, 3.05) is 25.9 Å². The average Bonchev–Trinajstić information content (AvgIpc) is 3.30. The standard InChI is InChI=1S/C23H24N6O/c1-30-20-3-2-15-10-22(26-11-16(15)8-20)21-9-17(12-27-23(21)24)18-13-28-29(14-18)19-4-6-25-7-5-19/h2-3,8-14,19,25H,4-7H2,1H3,(H2,24,27). The number of piperidine rings is 1. The van der Waals surface area contributed by atoms with Gasteiger partial charge in [0.25, 0.3) is 0 Å². The highest BCUT2D eigenvalue weighted by molar-refractivity contribution is 5.88. The van der Waals surface area contributed by atoms with Gasteiger partial charge in [-0.1, -0.05) is 6.07 Å². The summed E-state index contributed by atoms with van der Waals surface area (Å²) >= 11 is 0. The fourth-order valence-corrected chi connectivity index (χ4v) is 3.99. The molecule has 0 aliphatic carbocycles. The Hall–Kier alpha value is -3.45. The number of nitrogen functional groups attached to an aromatic ring is 1. The number of pyridine rings is 2. The Labute approximate surface area is 174 Å². The van der Waals surface area contributed by atoms with E-state index in [1.165, 1.54) is 0 Å². The summed E-state index contributed by atoms with van der Waals surface area (Å²) in [5, 5.41) is 10.1. The van der Waals surface area contributed by atoms with Crippen LogP contribution in [0.3, 0.4) is 0 Å². The topological polar surface area (TPSA) is 90.9 Å². The Morgan fingerprint density at radius 2 is 1.87 bits per heavy atom. The molecule has 0 unspecified atom stereocenters. The van der Waals surface area contributed by atoms with Crippen molar-refractivity contribution in [2.45, 2.75) is 18.9 Å². The number of anilines is 1. The molecule has 0 spiro atoms. The SMILES string of the molecule is COc1ccc2cc(-c3cc(-c4cnn(C5CCNCC5)c4)cnc3N)ncc2c1. The lowest BCUT2D eigenvalue weighted by atomic mass is 10.0. The predicted molar refractivity (Wildman–Crippen MR) is 118 cm³/mol. The van der Waals surface area contributed by atoms with Crippen LogP contribution in [0.2, 0.25) is 0 Å². The highest BCUT2D eigenvalue weighted by Crippen LogP contribution is 2.31. The fraction of sp³-hybridized carbons (Fsp3) is 0.261. The molecule has 1 saturated heterocycles. The number of methoxy groups -OCH3 is 1. The lowest BCUT2D eigenvalue weighted by Gasteiger charge is -2.22. The van der Waals surface area contributed by atoms with E-state index in [1.807, 2.05) is 42.7 Å². The summed E-state index contributed by atoms with van der Waals surface area (Å²) in [6, 6.07) is 10.5. The third-order valence-corrected chi connectivity index (χ3v) is 5.74. The minimum atomic E-state index is 0.445. The first kappa shape index (κ1) is 18.6. The van der Waals surface area contributed by atoms with Crippen LogP contribution >= 0.6 is 0 Å². The van der Waals surface area contributed by atoms with E-state index >= 15 is 0 Å². The van der Waals surface area contributed by atoms with E-state index < -0.39 is 0 Å². The van der Waals surface area contributed by atoms with Gasteiger partial charge in [-0.05, 0) is 55.6 Å². The van der Waals surface area contributed by atoms with Gasteiger partial charge in [-0.2, -0.15) is 5.10 Å². The van der Waals surface area contributed by atoms with Crippen molar-refractivity contribution in [1.29, 1.82) is 0 Å². The van der Waals surface area contributed by atoms with Gasteiger partial charge in [0.15, 0.2) is 0 Å². The van der Waals surface area contributed by atoms with Gasteiger partial charge >= 0.3 is 0 Å². The number of hydrogen-bond acceptors (Lipinski definition) is 6. The molecule has 4 aromatic rings. The van der Waals surface area contributed by atoms with E-state index in [9.17, 15) is 0 Å². The zero-order valence-electron chi connectivity index (χ0n) is 16.9. The quantitative estimate of drug-likeness (QED) is 0.543. The van der Waals surface area contributed by atoms with Crippen LogP contribution in [0.5, 0.6) is 5.75 Å². The van der Waals surface area contributed by atoms with Crippen LogP contribution in [0.4, 0.5) is 5.82 Å². The molecule has 7 heteroatoms. The van der Waals surface area contributed by atoms with Crippen LogP contribution in [-0.2, 0) is 0 Å². The smallest absolute Gasteiger partial charge is 0.132 e. The first-order valence-electron chi connectivity index (χ1n) is 10.2. The molecule has 0 bridgehead atoms. The minimum absolute atomic E-state index is 0.445. The maximum absolute atomic E-state index is 6.21. The van der Waals surface area contributed by atoms with Gasteiger partial charge in [-0.25, -0.2) is 4.98 Å². The number of fused-ring (bicyclic) bond motifs is 1. The molecular formula is C23H24N6O. The van der Waals surface area contributed by atoms with Crippen LogP contribution < -0.4 is 15.8 Å². The van der Waals surface area contributed by atoms with Gasteiger partial charge in [0.2, 0.25) is 0 Å². The molecule has 0 atom stereocenters. The average molecular weight is 400 g/mol. The molecule has 152 valence electrons. The van der Waals surface area contributed by atoms with Gasteiger partial charge in [-0.3, -0.25) is 9.67 Å². The van der Waals surface area contributed by atoms with E-state index in [0.717, 1.165) is 64.8 Å². The van der Waals surface area contributed by atoms with Crippen molar-refractivity contribution in [3.63, 3.8) is 0 Å². The van der Waals surface area contributed by atoms with Crippen molar-refractivity contribution in [3.8, 4) is 28.1 Å². The Kier molecular flexibility index (Phi) is 4.80. The van der Waals surface area contributed by atoms with Gasteiger partial charge in [-0.15, -0.1) is 0 Å². The summed E-state index contributed by atoms with van der Waals surface area (Å²) in [4.78, 5) is 9.06. The zero-order chi connectivity index (χ0) is 20.5. The second-order valence-corrected chi connectivity index (χ2v) is 7.63. The van der Waals surface area contributed by atoms with E-state index in [4.69, 9.17) is 10.5 Å². The molecule has 1 aromatic carbocycles. The first-order chi connectivity index (χ1) is 14.7. The molecule has 0 radical (unpaired) electrons. The molecule has 3 N–H and O–H groups in total. The summed E-state index contributed by atoms with van der Waals surface area (Å²) < 4.78 is 7.37. The van der Waals surface area contributed by atoms with Crippen molar-refractivity contribution in [1.82, 2.24) is 25.1 Å². The lowest BCUT2D eigenvalue weighted by Crippen LogP contribution is -2.29. The molecule has 1 fully saturated rings. The third kappa shape index (κ3) is 3.48. The number of ether oxygens (including phenoxy) is 1. The minimum Gasteiger partial charge on any atom is -0.497 e. The number of nitrogens with one attached hydrogen (secondary N) is 1. The van der Waals surface area contributed by atoms with Crippen LogP contribution in [0.1, 0.15) is 18.9 Å². The van der Waals surface area contributed by atoms with E-state index in [-0.39, 0.29) is 0 Å². The van der Waals surface area contributed by atoms with Crippen LogP contribution in [0.25, 0.3) is 33.2 Å². The normalized spacial score (nSPS) is 14.8. The molecule has 5 rings (SSSR count). The molecule has 7 nitrogen and oxygen atoms in total. The highest BCUT2D eigenvalue weighted by atomic mass is 16.5. The van der Waals surface area contributed by atoms with Crippen LogP contribution in [-0.4, -0.2) is 39.9 Å². The first-order valence-corrected chi connectivity index (χ1v) is 10.2. The van der Waals surface area contributed by atoms with Crippen molar-refractivity contribution in [3.05, 3.63) is 55.1 Å². The Balaban J connectivity index is 1.49. The maximum Gasteiger partial charge on any atom is 0.132 e. The molecular weight excluding hydrogens is 376 g/mol. The van der Waals surface area contributed by atoms with Gasteiger partial charge in [0.1, 0.15) is 11.6 Å². The molecule has 0 saturated carbocycles. The van der Waals surface area contributed by atoms with Crippen LogP contribution in [0.15, 0.2) is 55.1 Å². The molecule has 0 amide bonds. The molecule has 4 heterocycles. The number of nitrogens with two attached hydrogens (primary N) is 1. The van der Waals surface area contributed by atoms with Gasteiger partial charge < -0.3 is 15.8 Å². The van der Waals surface area contributed by atoms with E-state index in [1.54, 1.807) is 13.3 Å². The lowest BCUT2D eigenvalue weighted by molar-refractivity contribution is 0.343. The van der Waals surface area contributed by atoms with Crippen molar-refractivity contribution >= 4 is 16.6 Å². The maximum atomic E-state index is 6.21. The van der Waals surface area contributed by atoms with E-state index in [0.29, 0.717) is 11.9 Å². The largest absolute Gasteiger partial charge is 0.497 e. The summed E-state index contributed by atoms with van der Waals surface area (Å²) in [7, 11) is 1.66. The van der Waals surface area contributed by atoms with Gasteiger partial charge in [0.05, 0.1) is 25.0 Å². The molecule has 1 aliphatic rings.